The van der Waals surface area contributed by atoms with Crippen LogP contribution in [0.3, 0.4) is 0 Å². The van der Waals surface area contributed by atoms with E-state index in [1.807, 2.05) is 6.92 Å². The van der Waals surface area contributed by atoms with Gasteiger partial charge in [0, 0.05) is 38.0 Å². The number of carbonyl (C=O) groups excluding carboxylic acids is 1. The summed E-state index contributed by atoms with van der Waals surface area (Å²) >= 11 is 0. The van der Waals surface area contributed by atoms with E-state index in [1.165, 1.54) is 12.1 Å². The van der Waals surface area contributed by atoms with E-state index in [9.17, 15) is 9.18 Å². The summed E-state index contributed by atoms with van der Waals surface area (Å²) in [7, 11) is 0. The van der Waals surface area contributed by atoms with Gasteiger partial charge < -0.3 is 20.3 Å². The maximum Gasteiger partial charge on any atom is 0.319 e. The highest BCUT2D eigenvalue weighted by Crippen LogP contribution is 2.19. The molecule has 24 heavy (non-hydrogen) atoms. The lowest BCUT2D eigenvalue weighted by Gasteiger charge is -2.33. The van der Waals surface area contributed by atoms with Crippen LogP contribution in [0.5, 0.6) is 0 Å². The van der Waals surface area contributed by atoms with Crippen LogP contribution in [-0.4, -0.2) is 49.8 Å². The molecule has 0 aromatic heterocycles. The summed E-state index contributed by atoms with van der Waals surface area (Å²) in [6.45, 7) is 6.72. The van der Waals surface area contributed by atoms with Crippen LogP contribution in [-0.2, 0) is 4.74 Å². The summed E-state index contributed by atoms with van der Waals surface area (Å²) in [5.74, 6) is 0.314. The van der Waals surface area contributed by atoms with Crippen molar-refractivity contribution in [3.8, 4) is 0 Å². The van der Waals surface area contributed by atoms with Gasteiger partial charge in [0.1, 0.15) is 5.82 Å². The molecule has 2 heterocycles. The van der Waals surface area contributed by atoms with Gasteiger partial charge in [-0.05, 0) is 49.8 Å². The number of amides is 2. The third-order valence-corrected chi connectivity index (χ3v) is 4.91. The average molecular weight is 335 g/mol. The Bertz CT molecular complexity index is 567. The van der Waals surface area contributed by atoms with E-state index < -0.39 is 0 Å². The zero-order valence-electron chi connectivity index (χ0n) is 14.2. The van der Waals surface area contributed by atoms with Crippen molar-refractivity contribution in [3.63, 3.8) is 0 Å². The first-order valence-electron chi connectivity index (χ1n) is 8.74. The number of hydrogen-bond donors (Lipinski definition) is 2. The van der Waals surface area contributed by atoms with Crippen LogP contribution in [0.1, 0.15) is 24.8 Å². The first kappa shape index (κ1) is 17.2. The standard InChI is InChI=1S/C18H26FN3O2/c1-13-2-3-15(19)10-17(13)21-18(23)20-16-4-7-22(8-5-16)11-14-6-9-24-12-14/h2-3,10,14,16H,4-9,11-12H2,1H3,(H2,20,21,23)/t14-/m1/s1. The number of benzene rings is 1. The number of piperidine rings is 1. The van der Waals surface area contributed by atoms with E-state index in [1.54, 1.807) is 6.07 Å². The van der Waals surface area contributed by atoms with E-state index in [4.69, 9.17) is 4.74 Å². The van der Waals surface area contributed by atoms with Gasteiger partial charge in [0.25, 0.3) is 0 Å². The Morgan fingerprint density at radius 3 is 2.83 bits per heavy atom. The second kappa shape index (κ2) is 7.94. The molecular weight excluding hydrogens is 309 g/mol. The van der Waals surface area contributed by atoms with Crippen molar-refractivity contribution in [1.29, 1.82) is 0 Å². The SMILES string of the molecule is Cc1ccc(F)cc1NC(=O)NC1CCN(C[C@H]2CCOC2)CC1. The first-order chi connectivity index (χ1) is 11.6. The molecule has 2 saturated heterocycles. The molecule has 3 rings (SSSR count). The quantitative estimate of drug-likeness (QED) is 0.890. The number of carbonyl (C=O) groups is 1. The summed E-state index contributed by atoms with van der Waals surface area (Å²) < 4.78 is 18.7. The Morgan fingerprint density at radius 2 is 2.12 bits per heavy atom. The molecular formula is C18H26FN3O2. The van der Waals surface area contributed by atoms with Gasteiger partial charge in [-0.1, -0.05) is 6.07 Å². The van der Waals surface area contributed by atoms with E-state index in [0.29, 0.717) is 11.6 Å². The molecule has 0 aliphatic carbocycles. The predicted molar refractivity (Wildman–Crippen MR) is 91.7 cm³/mol. The molecule has 0 radical (unpaired) electrons. The van der Waals surface area contributed by atoms with E-state index in [-0.39, 0.29) is 17.9 Å². The van der Waals surface area contributed by atoms with Crippen LogP contribution in [0.4, 0.5) is 14.9 Å². The van der Waals surface area contributed by atoms with Gasteiger partial charge in [0.05, 0.1) is 6.61 Å². The zero-order chi connectivity index (χ0) is 16.9. The number of hydrogen-bond acceptors (Lipinski definition) is 3. The maximum atomic E-state index is 13.3. The Labute approximate surface area is 142 Å². The van der Waals surface area contributed by atoms with Crippen molar-refractivity contribution in [1.82, 2.24) is 10.2 Å². The molecule has 6 heteroatoms. The lowest BCUT2D eigenvalue weighted by Crippen LogP contribution is -2.47. The molecule has 1 atom stereocenters. The van der Waals surface area contributed by atoms with Gasteiger partial charge in [-0.2, -0.15) is 0 Å². The van der Waals surface area contributed by atoms with Crippen molar-refractivity contribution in [3.05, 3.63) is 29.6 Å². The number of rotatable bonds is 4. The number of ether oxygens (including phenoxy) is 1. The topological polar surface area (TPSA) is 53.6 Å². The Balaban J connectivity index is 1.42. The molecule has 2 N–H and O–H groups in total. The van der Waals surface area contributed by atoms with Crippen LogP contribution >= 0.6 is 0 Å². The molecule has 132 valence electrons. The van der Waals surface area contributed by atoms with Crippen molar-refractivity contribution in [2.75, 3.05) is 38.2 Å². The fourth-order valence-electron chi connectivity index (χ4n) is 3.43. The normalized spacial score (nSPS) is 22.5. The highest BCUT2D eigenvalue weighted by molar-refractivity contribution is 5.90. The number of aryl methyl sites for hydroxylation is 1. The second-order valence-corrected chi connectivity index (χ2v) is 6.86. The largest absolute Gasteiger partial charge is 0.381 e. The second-order valence-electron chi connectivity index (χ2n) is 6.86. The Hall–Kier alpha value is -1.66. The summed E-state index contributed by atoms with van der Waals surface area (Å²) in [4.78, 5) is 14.6. The van der Waals surface area contributed by atoms with E-state index in [2.05, 4.69) is 15.5 Å². The van der Waals surface area contributed by atoms with Crippen LogP contribution in [0.15, 0.2) is 18.2 Å². The number of halogens is 1. The van der Waals surface area contributed by atoms with Crippen molar-refractivity contribution < 1.29 is 13.9 Å². The number of anilines is 1. The highest BCUT2D eigenvalue weighted by atomic mass is 19.1. The van der Waals surface area contributed by atoms with Gasteiger partial charge in [0.2, 0.25) is 0 Å². The smallest absolute Gasteiger partial charge is 0.319 e. The molecule has 0 unspecified atom stereocenters. The number of likely N-dealkylation sites (tertiary alicyclic amines) is 1. The summed E-state index contributed by atoms with van der Waals surface area (Å²) in [5.41, 5.74) is 1.37. The number of urea groups is 1. The molecule has 1 aromatic rings. The summed E-state index contributed by atoms with van der Waals surface area (Å²) in [6, 6.07) is 4.32. The van der Waals surface area contributed by atoms with Gasteiger partial charge in [-0.3, -0.25) is 0 Å². The molecule has 0 saturated carbocycles. The molecule has 2 aliphatic heterocycles. The minimum absolute atomic E-state index is 0.176. The highest BCUT2D eigenvalue weighted by Gasteiger charge is 2.24. The van der Waals surface area contributed by atoms with E-state index >= 15 is 0 Å². The van der Waals surface area contributed by atoms with Gasteiger partial charge >= 0.3 is 6.03 Å². The lowest BCUT2D eigenvalue weighted by molar-refractivity contribution is 0.148. The summed E-state index contributed by atoms with van der Waals surface area (Å²) in [5, 5.41) is 5.75. The maximum absolute atomic E-state index is 13.3. The van der Waals surface area contributed by atoms with Crippen LogP contribution in [0.2, 0.25) is 0 Å². The van der Waals surface area contributed by atoms with Crippen LogP contribution in [0, 0.1) is 18.7 Å². The average Bonchev–Trinajstić information content (AvgIpc) is 3.06. The zero-order valence-corrected chi connectivity index (χ0v) is 14.2. The van der Waals surface area contributed by atoms with Crippen molar-refractivity contribution >= 4 is 11.7 Å². The minimum Gasteiger partial charge on any atom is -0.381 e. The minimum atomic E-state index is -0.347. The van der Waals surface area contributed by atoms with E-state index in [0.717, 1.165) is 57.7 Å². The molecule has 2 amide bonds. The molecule has 1 aromatic carbocycles. The molecule has 0 bridgehead atoms. The fraction of sp³-hybridized carbons (Fsp3) is 0.611. The number of nitrogens with one attached hydrogen (secondary N) is 2. The molecule has 2 fully saturated rings. The van der Waals surface area contributed by atoms with Crippen LogP contribution in [0.25, 0.3) is 0 Å². The third kappa shape index (κ3) is 4.68. The van der Waals surface area contributed by atoms with Crippen molar-refractivity contribution in [2.45, 2.75) is 32.2 Å². The van der Waals surface area contributed by atoms with Gasteiger partial charge in [0.15, 0.2) is 0 Å². The van der Waals surface area contributed by atoms with Crippen LogP contribution < -0.4 is 10.6 Å². The fourth-order valence-corrected chi connectivity index (χ4v) is 3.43. The molecule has 5 nitrogen and oxygen atoms in total. The monoisotopic (exact) mass is 335 g/mol. The number of nitrogens with zero attached hydrogens (tertiary/aromatic N) is 1. The molecule has 0 spiro atoms. The Kier molecular flexibility index (Phi) is 5.68. The van der Waals surface area contributed by atoms with Gasteiger partial charge in [-0.25, -0.2) is 9.18 Å². The first-order valence-corrected chi connectivity index (χ1v) is 8.74. The predicted octanol–water partition coefficient (Wildman–Crippen LogP) is 2.76. The lowest BCUT2D eigenvalue weighted by atomic mass is 10.0. The van der Waals surface area contributed by atoms with Gasteiger partial charge in [-0.15, -0.1) is 0 Å². The van der Waals surface area contributed by atoms with Crippen molar-refractivity contribution in [2.24, 2.45) is 5.92 Å². The summed E-state index contributed by atoms with van der Waals surface area (Å²) in [6.07, 6.45) is 3.06. The third-order valence-electron chi connectivity index (χ3n) is 4.91. The molecule has 2 aliphatic rings. The Morgan fingerprint density at radius 1 is 1.33 bits per heavy atom.